The summed E-state index contributed by atoms with van der Waals surface area (Å²) < 4.78 is 28.7. The van der Waals surface area contributed by atoms with Gasteiger partial charge in [0.15, 0.2) is 0 Å². The van der Waals surface area contributed by atoms with E-state index >= 15 is 0 Å². The number of fused-ring (bicyclic) bond motifs is 5. The number of carbonyl (C=O) groups is 2. The summed E-state index contributed by atoms with van der Waals surface area (Å²) in [4.78, 5) is 25.7. The van der Waals surface area contributed by atoms with E-state index in [-0.39, 0.29) is 47.9 Å². The second kappa shape index (κ2) is 17.5. The van der Waals surface area contributed by atoms with E-state index in [0.717, 1.165) is 74.0 Å². The van der Waals surface area contributed by atoms with Gasteiger partial charge in [-0.1, -0.05) is 72.0 Å². The number of aliphatic hydroxyl groups excluding tert-OH is 1. The number of ether oxygens (including phenoxy) is 1. The molecule has 4 fully saturated rings. The lowest BCUT2D eigenvalue weighted by Crippen LogP contribution is -2.51. The number of alkyl carbamates (subject to hydrolysis) is 1. The van der Waals surface area contributed by atoms with Crippen molar-refractivity contribution in [3.05, 3.63) is 11.6 Å². The van der Waals surface area contributed by atoms with Gasteiger partial charge in [-0.2, -0.15) is 0 Å². The van der Waals surface area contributed by atoms with Gasteiger partial charge in [0.05, 0.1) is 6.10 Å². The monoisotopic (exact) mass is 734 g/mol. The first-order valence-electron chi connectivity index (χ1n) is 20.8. The van der Waals surface area contributed by atoms with Gasteiger partial charge < -0.3 is 24.2 Å². The van der Waals surface area contributed by atoms with Crippen LogP contribution in [0.2, 0.25) is 0 Å². The SMILES string of the molecule is COP(C)(=O)OC1CC(C(=O)CCCCCNC(=O)OC2CC[C@@]3(C)C(=CCC4C3CC[C@@]3(C)C4CC[C@@H]3[C@H](C)CCCC(C)C)C2)[C@H](CO)C1. The summed E-state index contributed by atoms with van der Waals surface area (Å²) in [5.74, 6) is 4.62. The number of hydrogen-bond acceptors (Lipinski definition) is 7. The van der Waals surface area contributed by atoms with Crippen molar-refractivity contribution in [1.82, 2.24) is 5.32 Å². The number of Topliss-reactive ketones (excluding diaryl/α,β-unsaturated/α-hetero) is 1. The molecule has 2 N–H and O–H groups in total. The minimum Gasteiger partial charge on any atom is -0.446 e. The zero-order chi connectivity index (χ0) is 37.0. The van der Waals surface area contributed by atoms with E-state index in [9.17, 15) is 19.3 Å². The zero-order valence-electron chi connectivity index (χ0n) is 33.1. The van der Waals surface area contributed by atoms with Gasteiger partial charge in [0.2, 0.25) is 0 Å². The lowest BCUT2D eigenvalue weighted by Gasteiger charge is -2.58. The number of unbranched alkanes of at least 4 members (excludes halogenated alkanes) is 2. The van der Waals surface area contributed by atoms with Gasteiger partial charge in [-0.05, 0) is 123 Å². The summed E-state index contributed by atoms with van der Waals surface area (Å²) in [6, 6.07) is 0. The molecule has 9 heteroatoms. The van der Waals surface area contributed by atoms with Gasteiger partial charge in [0, 0.05) is 45.7 Å². The van der Waals surface area contributed by atoms with E-state index in [4.69, 9.17) is 13.8 Å². The molecule has 5 rings (SSSR count). The van der Waals surface area contributed by atoms with Crippen LogP contribution >= 0.6 is 7.60 Å². The van der Waals surface area contributed by atoms with Crippen LogP contribution in [0.15, 0.2) is 11.6 Å². The zero-order valence-corrected chi connectivity index (χ0v) is 34.0. The molecule has 8 nitrogen and oxygen atoms in total. The van der Waals surface area contributed by atoms with Crippen LogP contribution in [0.1, 0.15) is 144 Å². The van der Waals surface area contributed by atoms with Gasteiger partial charge in [0.25, 0.3) is 0 Å². The number of rotatable bonds is 17. The molecule has 51 heavy (non-hydrogen) atoms. The molecule has 0 bridgehead atoms. The maximum atomic E-state index is 12.9. The summed E-state index contributed by atoms with van der Waals surface area (Å²) in [6.07, 6.45) is 19.4. The average Bonchev–Trinajstić information content (AvgIpc) is 3.66. The Hall–Kier alpha value is -1.21. The molecule has 5 aliphatic carbocycles. The Morgan fingerprint density at radius 3 is 2.49 bits per heavy atom. The Balaban J connectivity index is 1.02. The number of ketones is 1. The third-order valence-corrected chi connectivity index (χ3v) is 16.2. The highest BCUT2D eigenvalue weighted by molar-refractivity contribution is 7.52. The highest BCUT2D eigenvalue weighted by atomic mass is 31.2. The topological polar surface area (TPSA) is 111 Å². The fourth-order valence-corrected chi connectivity index (χ4v) is 12.8. The quantitative estimate of drug-likeness (QED) is 0.0870. The van der Waals surface area contributed by atoms with Crippen LogP contribution in [-0.2, 0) is 23.1 Å². The van der Waals surface area contributed by atoms with E-state index < -0.39 is 7.60 Å². The summed E-state index contributed by atoms with van der Waals surface area (Å²) in [6.45, 7) is 14.3. The minimum absolute atomic E-state index is 0.0564. The fourth-order valence-electron chi connectivity index (χ4n) is 12.0. The van der Waals surface area contributed by atoms with Crippen molar-refractivity contribution in [3.63, 3.8) is 0 Å². The van der Waals surface area contributed by atoms with Crippen LogP contribution in [0.3, 0.4) is 0 Å². The van der Waals surface area contributed by atoms with E-state index in [0.29, 0.717) is 31.2 Å². The minimum atomic E-state index is -3.14. The predicted octanol–water partition coefficient (Wildman–Crippen LogP) is 10.1. The van der Waals surface area contributed by atoms with Crippen LogP contribution in [-0.4, -0.2) is 56.1 Å². The number of aliphatic hydroxyl groups is 1. The van der Waals surface area contributed by atoms with Crippen molar-refractivity contribution in [2.75, 3.05) is 26.9 Å². The Kier molecular flexibility index (Phi) is 14.1. The highest BCUT2D eigenvalue weighted by Crippen LogP contribution is 2.67. The molecule has 0 aromatic carbocycles. The Morgan fingerprint density at radius 1 is 0.980 bits per heavy atom. The molecule has 0 heterocycles. The molecule has 292 valence electrons. The Bertz CT molecular complexity index is 1270. The van der Waals surface area contributed by atoms with Crippen LogP contribution in [0.5, 0.6) is 0 Å². The summed E-state index contributed by atoms with van der Waals surface area (Å²) in [5, 5.41) is 12.8. The molecule has 0 aromatic heterocycles. The molecule has 4 saturated carbocycles. The Labute approximate surface area is 309 Å². The largest absolute Gasteiger partial charge is 0.446 e. The molecule has 5 aliphatic rings. The van der Waals surface area contributed by atoms with Gasteiger partial charge in [-0.25, -0.2) is 4.79 Å². The van der Waals surface area contributed by atoms with Crippen molar-refractivity contribution in [3.8, 4) is 0 Å². The third kappa shape index (κ3) is 9.54. The van der Waals surface area contributed by atoms with E-state index in [1.165, 1.54) is 65.1 Å². The highest BCUT2D eigenvalue weighted by Gasteiger charge is 2.59. The molecule has 0 aromatic rings. The lowest BCUT2D eigenvalue weighted by atomic mass is 9.47. The number of amides is 1. The first kappa shape index (κ1) is 41.0. The fraction of sp³-hybridized carbons (Fsp3) is 0.905. The molecule has 0 saturated heterocycles. The van der Waals surface area contributed by atoms with Gasteiger partial charge in [-0.3, -0.25) is 9.36 Å². The first-order valence-corrected chi connectivity index (χ1v) is 22.8. The number of nitrogens with one attached hydrogen (secondary N) is 1. The van der Waals surface area contributed by atoms with Crippen molar-refractivity contribution in [1.29, 1.82) is 0 Å². The van der Waals surface area contributed by atoms with E-state index in [1.54, 1.807) is 5.57 Å². The van der Waals surface area contributed by atoms with Crippen LogP contribution < -0.4 is 5.32 Å². The molecule has 1 amide bonds. The first-order chi connectivity index (χ1) is 24.2. The maximum absolute atomic E-state index is 12.9. The number of allylic oxidation sites excluding steroid dienone is 1. The van der Waals surface area contributed by atoms with Gasteiger partial charge >= 0.3 is 13.7 Å². The second-order valence-electron chi connectivity index (χ2n) is 18.5. The van der Waals surface area contributed by atoms with E-state index in [1.807, 2.05) is 0 Å². The van der Waals surface area contributed by atoms with Crippen molar-refractivity contribution >= 4 is 19.5 Å². The van der Waals surface area contributed by atoms with Gasteiger partial charge in [0.1, 0.15) is 11.9 Å². The molecular formula is C42H72NO7P. The standard InChI is InChI=1S/C42H72NO7P/c1-28(2)12-11-13-29(3)36-17-18-37-34-16-15-31-25-32(19-21-41(31,4)38(34)20-22-42(36,37)5)49-40(46)43-23-10-8-9-14-39(45)35-26-33(24-30(35)27-44)50-51(7,47)48-6/h15,28-30,32-38,44H,8-14,16-27H2,1-7H3,(H,43,46)/t29-,30+,32?,33?,34?,35?,36-,37?,38?,41+,42-,51?/m1/s1. The number of hydrogen-bond donors (Lipinski definition) is 2. The molecule has 0 spiro atoms. The van der Waals surface area contributed by atoms with E-state index in [2.05, 4.69) is 46.0 Å². The van der Waals surface area contributed by atoms with Crippen LogP contribution in [0.4, 0.5) is 4.79 Å². The summed E-state index contributed by atoms with van der Waals surface area (Å²) >= 11 is 0. The van der Waals surface area contributed by atoms with Crippen molar-refractivity contribution in [2.24, 2.45) is 58.2 Å². The van der Waals surface area contributed by atoms with Crippen LogP contribution in [0.25, 0.3) is 0 Å². The molecular weight excluding hydrogens is 661 g/mol. The summed E-state index contributed by atoms with van der Waals surface area (Å²) in [7, 11) is -1.79. The molecule has 7 unspecified atom stereocenters. The maximum Gasteiger partial charge on any atom is 0.407 e. The molecule has 12 atom stereocenters. The average molecular weight is 734 g/mol. The van der Waals surface area contributed by atoms with Gasteiger partial charge in [-0.15, -0.1) is 0 Å². The number of carbonyl (C=O) groups excluding carboxylic acids is 2. The van der Waals surface area contributed by atoms with Crippen LogP contribution in [0, 0.1) is 58.2 Å². The lowest BCUT2D eigenvalue weighted by molar-refractivity contribution is -0.124. The molecule has 0 radical (unpaired) electrons. The normalized spacial score (nSPS) is 37.9. The predicted molar refractivity (Wildman–Crippen MR) is 204 cm³/mol. The smallest absolute Gasteiger partial charge is 0.407 e. The second-order valence-corrected chi connectivity index (χ2v) is 20.6. The van der Waals surface area contributed by atoms with Crippen molar-refractivity contribution in [2.45, 2.75) is 156 Å². The summed E-state index contributed by atoms with van der Waals surface area (Å²) in [5.41, 5.74) is 2.28. The van der Waals surface area contributed by atoms with Crippen molar-refractivity contribution < 1.29 is 33.0 Å². The molecule has 0 aliphatic heterocycles. The third-order valence-electron chi connectivity index (χ3n) is 14.9. The Morgan fingerprint density at radius 2 is 1.76 bits per heavy atom.